The van der Waals surface area contributed by atoms with E-state index in [0.717, 1.165) is 6.42 Å². The Hall–Kier alpha value is -1.17. The Balaban J connectivity index is 2.39. The molecule has 0 heterocycles. The lowest BCUT2D eigenvalue weighted by molar-refractivity contribution is -0.538. The van der Waals surface area contributed by atoms with Gasteiger partial charge in [0, 0.05) is 10.8 Å². The van der Waals surface area contributed by atoms with Crippen LogP contribution in [-0.4, -0.2) is 27.6 Å². The summed E-state index contributed by atoms with van der Waals surface area (Å²) < 4.78 is 0. The van der Waals surface area contributed by atoms with Crippen molar-refractivity contribution in [2.24, 2.45) is 17.6 Å². The number of hydrogen-bond acceptors (Lipinski definition) is 4. The van der Waals surface area contributed by atoms with E-state index in [1.807, 2.05) is 0 Å². The van der Waals surface area contributed by atoms with Gasteiger partial charge in [0.15, 0.2) is 5.54 Å². The van der Waals surface area contributed by atoms with Crippen LogP contribution in [0.3, 0.4) is 0 Å². The number of rotatable bonds is 2. The third-order valence-corrected chi connectivity index (χ3v) is 3.68. The number of carboxylic acids is 1. The van der Waals surface area contributed by atoms with E-state index in [0.29, 0.717) is 12.8 Å². The van der Waals surface area contributed by atoms with Gasteiger partial charge in [-0.05, 0) is 25.2 Å². The number of nitrogens with zero attached hydrogens (tertiary/aromatic N) is 1. The molecule has 6 heteroatoms. The number of hydrogen-bond donors (Lipinski definition) is 2. The predicted octanol–water partition coefficient (Wildman–Crippen LogP) is -0.156. The molecule has 3 N–H and O–H groups in total. The van der Waals surface area contributed by atoms with Crippen LogP contribution in [0.2, 0.25) is 0 Å². The normalized spacial score (nSPS) is 45.4. The summed E-state index contributed by atoms with van der Waals surface area (Å²) in [6.07, 6.45) is 2.04. The fourth-order valence-electron chi connectivity index (χ4n) is 3.02. The first-order valence-electron chi connectivity index (χ1n) is 4.63. The molecule has 14 heavy (non-hydrogen) atoms. The van der Waals surface area contributed by atoms with Crippen molar-refractivity contribution in [2.45, 2.75) is 30.8 Å². The van der Waals surface area contributed by atoms with Crippen LogP contribution >= 0.6 is 0 Å². The largest absolute Gasteiger partial charge is 0.480 e. The summed E-state index contributed by atoms with van der Waals surface area (Å²) in [6, 6.07) is -1.10. The number of nitro groups is 1. The molecule has 0 aliphatic heterocycles. The Morgan fingerprint density at radius 1 is 1.57 bits per heavy atom. The van der Waals surface area contributed by atoms with Crippen LogP contribution in [0.15, 0.2) is 0 Å². The summed E-state index contributed by atoms with van der Waals surface area (Å²) in [5.74, 6) is -1.59. The van der Waals surface area contributed by atoms with Gasteiger partial charge < -0.3 is 10.8 Å². The monoisotopic (exact) mass is 200 g/mol. The second-order valence-corrected chi connectivity index (χ2v) is 4.24. The zero-order chi connectivity index (χ0) is 10.5. The first-order chi connectivity index (χ1) is 6.48. The Morgan fingerprint density at radius 2 is 2.21 bits per heavy atom. The van der Waals surface area contributed by atoms with E-state index in [2.05, 4.69) is 0 Å². The molecule has 0 aromatic heterocycles. The molecule has 2 saturated carbocycles. The molecule has 78 valence electrons. The summed E-state index contributed by atoms with van der Waals surface area (Å²) in [5.41, 5.74) is 4.06. The molecule has 0 saturated heterocycles. The topological polar surface area (TPSA) is 106 Å². The summed E-state index contributed by atoms with van der Waals surface area (Å²) in [6.45, 7) is 0. The van der Waals surface area contributed by atoms with Gasteiger partial charge in [-0.3, -0.25) is 10.1 Å². The van der Waals surface area contributed by atoms with Gasteiger partial charge in [-0.25, -0.2) is 4.79 Å². The molecule has 2 rings (SSSR count). The minimum absolute atomic E-state index is 0.143. The molecule has 0 aromatic rings. The Kier molecular flexibility index (Phi) is 1.79. The zero-order valence-corrected chi connectivity index (χ0v) is 7.55. The van der Waals surface area contributed by atoms with Crippen molar-refractivity contribution in [2.75, 3.05) is 0 Å². The molecule has 0 radical (unpaired) electrons. The molecule has 2 bridgehead atoms. The van der Waals surface area contributed by atoms with E-state index in [4.69, 9.17) is 10.8 Å². The van der Waals surface area contributed by atoms with Gasteiger partial charge in [0.1, 0.15) is 0 Å². The van der Waals surface area contributed by atoms with Crippen LogP contribution in [0.5, 0.6) is 0 Å². The molecular weight excluding hydrogens is 188 g/mol. The SMILES string of the molecule is N[C@@]1(C(=O)O)[C@H]2CC[C@H](C2)[C@@H]1[N+](=O)[O-]. The fraction of sp³-hybridized carbons (Fsp3) is 0.875. The maximum atomic E-state index is 11.0. The lowest BCUT2D eigenvalue weighted by atomic mass is 9.78. The highest BCUT2D eigenvalue weighted by Crippen LogP contribution is 2.50. The highest BCUT2D eigenvalue weighted by molar-refractivity contribution is 5.80. The van der Waals surface area contributed by atoms with Crippen molar-refractivity contribution < 1.29 is 14.8 Å². The Labute approximate surface area is 80.2 Å². The number of nitrogens with two attached hydrogens (primary N) is 1. The van der Waals surface area contributed by atoms with Crippen LogP contribution < -0.4 is 5.73 Å². The van der Waals surface area contributed by atoms with Crippen molar-refractivity contribution in [1.82, 2.24) is 0 Å². The van der Waals surface area contributed by atoms with Crippen molar-refractivity contribution in [3.63, 3.8) is 0 Å². The van der Waals surface area contributed by atoms with E-state index < -0.39 is 22.5 Å². The van der Waals surface area contributed by atoms with Crippen LogP contribution in [0.25, 0.3) is 0 Å². The maximum Gasteiger partial charge on any atom is 0.331 e. The third kappa shape index (κ3) is 0.914. The number of fused-ring (bicyclic) bond motifs is 2. The summed E-state index contributed by atoms with van der Waals surface area (Å²) in [7, 11) is 0. The second-order valence-electron chi connectivity index (χ2n) is 4.24. The smallest absolute Gasteiger partial charge is 0.331 e. The minimum atomic E-state index is -1.63. The third-order valence-electron chi connectivity index (χ3n) is 3.68. The Morgan fingerprint density at radius 3 is 2.64 bits per heavy atom. The minimum Gasteiger partial charge on any atom is -0.480 e. The first-order valence-corrected chi connectivity index (χ1v) is 4.63. The van der Waals surface area contributed by atoms with Gasteiger partial charge in [-0.15, -0.1) is 0 Å². The molecule has 6 nitrogen and oxygen atoms in total. The molecule has 2 fully saturated rings. The molecule has 4 atom stereocenters. The summed E-state index contributed by atoms with van der Waals surface area (Å²) >= 11 is 0. The second kappa shape index (κ2) is 2.66. The van der Waals surface area contributed by atoms with E-state index in [1.165, 1.54) is 0 Å². The van der Waals surface area contributed by atoms with Crippen molar-refractivity contribution in [3.8, 4) is 0 Å². The number of carbonyl (C=O) groups is 1. The molecule has 2 aliphatic rings. The molecule has 2 aliphatic carbocycles. The van der Waals surface area contributed by atoms with Crippen LogP contribution in [0.1, 0.15) is 19.3 Å². The van der Waals surface area contributed by atoms with Crippen LogP contribution in [0.4, 0.5) is 0 Å². The van der Waals surface area contributed by atoms with E-state index in [1.54, 1.807) is 0 Å². The molecular formula is C8H12N2O4. The standard InChI is InChI=1S/C8H12N2O4/c9-8(7(11)12)5-2-1-4(3-5)6(8)10(13)14/h4-6H,1-3,9H2,(H,11,12)/t4-,5+,6+,8+/m1/s1. The van der Waals surface area contributed by atoms with Crippen LogP contribution in [-0.2, 0) is 4.79 Å². The van der Waals surface area contributed by atoms with Gasteiger partial charge in [0.25, 0.3) is 0 Å². The van der Waals surface area contributed by atoms with Gasteiger partial charge in [-0.2, -0.15) is 0 Å². The van der Waals surface area contributed by atoms with Crippen molar-refractivity contribution >= 4 is 5.97 Å². The highest BCUT2D eigenvalue weighted by atomic mass is 16.6. The summed E-state index contributed by atoms with van der Waals surface area (Å²) in [4.78, 5) is 21.3. The molecule has 0 amide bonds. The predicted molar refractivity (Wildman–Crippen MR) is 46.2 cm³/mol. The number of carboxylic acid groups (broad SMARTS) is 1. The van der Waals surface area contributed by atoms with Crippen molar-refractivity contribution in [3.05, 3.63) is 10.1 Å². The van der Waals surface area contributed by atoms with Gasteiger partial charge in [0.05, 0.1) is 0 Å². The average molecular weight is 200 g/mol. The van der Waals surface area contributed by atoms with Crippen molar-refractivity contribution in [1.29, 1.82) is 0 Å². The van der Waals surface area contributed by atoms with Gasteiger partial charge in [0.2, 0.25) is 6.04 Å². The molecule has 0 unspecified atom stereocenters. The van der Waals surface area contributed by atoms with Gasteiger partial charge >= 0.3 is 5.97 Å². The Bertz CT molecular complexity index is 306. The first kappa shape index (κ1) is 9.39. The molecule has 0 aromatic carbocycles. The molecule has 0 spiro atoms. The summed E-state index contributed by atoms with van der Waals surface area (Å²) in [5, 5.41) is 19.8. The zero-order valence-electron chi connectivity index (χ0n) is 7.55. The highest BCUT2D eigenvalue weighted by Gasteiger charge is 2.67. The van der Waals surface area contributed by atoms with Crippen LogP contribution in [0, 0.1) is 22.0 Å². The average Bonchev–Trinajstić information content (AvgIpc) is 2.61. The lowest BCUT2D eigenvalue weighted by Gasteiger charge is -2.31. The number of aliphatic carboxylic acids is 1. The van der Waals surface area contributed by atoms with E-state index in [-0.39, 0.29) is 11.8 Å². The van der Waals surface area contributed by atoms with E-state index >= 15 is 0 Å². The van der Waals surface area contributed by atoms with E-state index in [9.17, 15) is 14.9 Å². The fourth-order valence-corrected chi connectivity index (χ4v) is 3.02. The lowest BCUT2D eigenvalue weighted by Crippen LogP contribution is -2.63. The maximum absolute atomic E-state index is 11.0. The quantitative estimate of drug-likeness (QED) is 0.476. The van der Waals surface area contributed by atoms with Gasteiger partial charge in [-0.1, -0.05) is 0 Å².